The fraction of sp³-hybridized carbons (Fsp3) is 0.500. The molecule has 0 aromatic carbocycles. The first-order valence-electron chi connectivity index (χ1n) is 2.97. The summed E-state index contributed by atoms with van der Waals surface area (Å²) in [6.45, 7) is 2.06. The molecule has 0 spiro atoms. The molecule has 4 nitrogen and oxygen atoms in total. The third-order valence-electron chi connectivity index (χ3n) is 0.939. The van der Waals surface area contributed by atoms with E-state index in [2.05, 4.69) is 14.2 Å². The molecule has 0 N–H and O–H groups in total. The predicted octanol–water partition coefficient (Wildman–Crippen LogP) is 0.394. The monoisotopic (exact) mass is 144 g/mol. The summed E-state index contributed by atoms with van der Waals surface area (Å²) in [7, 11) is 0. The largest absolute Gasteiger partial charge is 0.460 e. The second kappa shape index (κ2) is 3.10. The molecule has 0 atom stereocenters. The quantitative estimate of drug-likeness (QED) is 0.526. The molecular formula is C6H8O4. The van der Waals surface area contributed by atoms with E-state index in [-0.39, 0.29) is 0 Å². The van der Waals surface area contributed by atoms with E-state index in [1.54, 1.807) is 6.92 Å². The zero-order chi connectivity index (χ0) is 7.40. The van der Waals surface area contributed by atoms with Gasteiger partial charge in [0.1, 0.15) is 12.5 Å². The van der Waals surface area contributed by atoms with E-state index >= 15 is 0 Å². The van der Waals surface area contributed by atoms with Gasteiger partial charge in [0.25, 0.3) is 0 Å². The van der Waals surface area contributed by atoms with Crippen molar-refractivity contribution in [2.75, 3.05) is 6.61 Å². The maximum atomic E-state index is 10.7. The van der Waals surface area contributed by atoms with Crippen LogP contribution in [0.15, 0.2) is 12.5 Å². The minimum atomic E-state index is -0.889. The third-order valence-corrected chi connectivity index (χ3v) is 0.939. The van der Waals surface area contributed by atoms with Crippen molar-refractivity contribution in [2.45, 2.75) is 13.2 Å². The van der Waals surface area contributed by atoms with E-state index in [1.807, 2.05) is 0 Å². The van der Waals surface area contributed by atoms with Crippen molar-refractivity contribution in [1.82, 2.24) is 0 Å². The van der Waals surface area contributed by atoms with Crippen molar-refractivity contribution in [3.8, 4) is 0 Å². The van der Waals surface area contributed by atoms with Gasteiger partial charge < -0.3 is 14.2 Å². The topological polar surface area (TPSA) is 44.8 Å². The molecule has 1 aliphatic rings. The van der Waals surface area contributed by atoms with Crippen molar-refractivity contribution < 1.29 is 19.0 Å². The molecule has 1 heterocycles. The molecule has 0 amide bonds. The Morgan fingerprint density at radius 2 is 2.20 bits per heavy atom. The molecular weight excluding hydrogens is 136 g/mol. The van der Waals surface area contributed by atoms with Crippen LogP contribution in [0.2, 0.25) is 0 Å². The molecule has 1 aliphatic heterocycles. The van der Waals surface area contributed by atoms with Gasteiger partial charge in [0, 0.05) is 0 Å². The van der Waals surface area contributed by atoms with Crippen LogP contribution in [0, 0.1) is 0 Å². The highest BCUT2D eigenvalue weighted by Crippen LogP contribution is 2.06. The number of hydrogen-bond donors (Lipinski definition) is 0. The Labute approximate surface area is 58.4 Å². The van der Waals surface area contributed by atoms with Crippen LogP contribution in [0.4, 0.5) is 0 Å². The number of ether oxygens (including phenoxy) is 3. The third kappa shape index (κ3) is 1.40. The van der Waals surface area contributed by atoms with Crippen LogP contribution >= 0.6 is 0 Å². The van der Waals surface area contributed by atoms with Crippen molar-refractivity contribution in [3.63, 3.8) is 0 Å². The first-order chi connectivity index (χ1) is 4.84. The number of carbonyl (C=O) groups is 1. The van der Waals surface area contributed by atoms with E-state index in [1.165, 1.54) is 12.5 Å². The van der Waals surface area contributed by atoms with Gasteiger partial charge in [-0.15, -0.1) is 0 Å². The van der Waals surface area contributed by atoms with E-state index < -0.39 is 12.3 Å². The predicted molar refractivity (Wildman–Crippen MR) is 31.7 cm³/mol. The van der Waals surface area contributed by atoms with Gasteiger partial charge in [-0.3, -0.25) is 0 Å². The SMILES string of the molecule is CCOC(=O)C1OC=CO1. The maximum absolute atomic E-state index is 10.7. The molecule has 56 valence electrons. The van der Waals surface area contributed by atoms with Gasteiger partial charge in [-0.1, -0.05) is 0 Å². The molecule has 0 bridgehead atoms. The van der Waals surface area contributed by atoms with Crippen LogP contribution in [0.3, 0.4) is 0 Å². The van der Waals surface area contributed by atoms with Gasteiger partial charge in [0.05, 0.1) is 6.61 Å². The minimum Gasteiger partial charge on any atom is -0.460 e. The molecule has 0 fully saturated rings. The van der Waals surface area contributed by atoms with Crippen LogP contribution in [0.25, 0.3) is 0 Å². The summed E-state index contributed by atoms with van der Waals surface area (Å²) < 4.78 is 14.0. The average molecular weight is 144 g/mol. The van der Waals surface area contributed by atoms with Gasteiger partial charge in [-0.25, -0.2) is 4.79 Å². The second-order valence-corrected chi connectivity index (χ2v) is 1.63. The first kappa shape index (κ1) is 6.92. The highest BCUT2D eigenvalue weighted by molar-refractivity contribution is 5.73. The molecule has 0 saturated carbocycles. The molecule has 4 heteroatoms. The summed E-state index contributed by atoms with van der Waals surface area (Å²) in [6.07, 6.45) is 1.73. The molecule has 0 aliphatic carbocycles. The molecule has 0 aromatic rings. The lowest BCUT2D eigenvalue weighted by Gasteiger charge is -2.07. The lowest BCUT2D eigenvalue weighted by Crippen LogP contribution is -2.23. The van der Waals surface area contributed by atoms with Crippen LogP contribution in [-0.2, 0) is 19.0 Å². The average Bonchev–Trinajstić information content (AvgIpc) is 2.38. The standard InChI is InChI=1S/C6H8O4/c1-2-8-5(7)6-9-3-4-10-6/h3-4,6H,2H2,1H3. The Hall–Kier alpha value is -1.19. The Bertz CT molecular complexity index is 144. The Balaban J connectivity index is 2.28. The summed E-state index contributed by atoms with van der Waals surface area (Å²) in [5.74, 6) is -0.493. The Kier molecular flexibility index (Phi) is 2.15. The number of rotatable bonds is 2. The summed E-state index contributed by atoms with van der Waals surface area (Å²) in [4.78, 5) is 10.7. The minimum absolute atomic E-state index is 0.335. The van der Waals surface area contributed by atoms with Crippen LogP contribution in [0.5, 0.6) is 0 Å². The number of esters is 1. The van der Waals surface area contributed by atoms with Crippen LogP contribution in [-0.4, -0.2) is 18.9 Å². The number of carbonyl (C=O) groups excluding carboxylic acids is 1. The summed E-state index contributed by atoms with van der Waals surface area (Å²) in [6, 6.07) is 0. The normalized spacial score (nSPS) is 16.1. The molecule has 10 heavy (non-hydrogen) atoms. The first-order valence-corrected chi connectivity index (χ1v) is 2.97. The van der Waals surface area contributed by atoms with E-state index in [0.717, 1.165) is 0 Å². The van der Waals surface area contributed by atoms with Crippen LogP contribution < -0.4 is 0 Å². The highest BCUT2D eigenvalue weighted by Gasteiger charge is 2.23. The fourth-order valence-electron chi connectivity index (χ4n) is 0.560. The summed E-state index contributed by atoms with van der Waals surface area (Å²) >= 11 is 0. The van der Waals surface area contributed by atoms with Crippen LogP contribution in [0.1, 0.15) is 6.92 Å². The molecule has 0 radical (unpaired) electrons. The molecule has 0 saturated heterocycles. The maximum Gasteiger partial charge on any atom is 0.389 e. The van der Waals surface area contributed by atoms with Gasteiger partial charge in [-0.05, 0) is 6.92 Å². The van der Waals surface area contributed by atoms with E-state index in [4.69, 9.17) is 0 Å². The fourth-order valence-corrected chi connectivity index (χ4v) is 0.560. The van der Waals surface area contributed by atoms with E-state index in [0.29, 0.717) is 6.61 Å². The van der Waals surface area contributed by atoms with Gasteiger partial charge in [0.2, 0.25) is 0 Å². The van der Waals surface area contributed by atoms with Gasteiger partial charge in [-0.2, -0.15) is 0 Å². The highest BCUT2D eigenvalue weighted by atomic mass is 16.7. The smallest absolute Gasteiger partial charge is 0.389 e. The summed E-state index contributed by atoms with van der Waals surface area (Å²) in [5, 5.41) is 0. The van der Waals surface area contributed by atoms with E-state index in [9.17, 15) is 4.79 Å². The molecule has 1 rings (SSSR count). The Morgan fingerprint density at radius 3 is 2.70 bits per heavy atom. The van der Waals surface area contributed by atoms with Gasteiger partial charge >= 0.3 is 12.3 Å². The van der Waals surface area contributed by atoms with Crippen molar-refractivity contribution in [3.05, 3.63) is 12.5 Å². The zero-order valence-corrected chi connectivity index (χ0v) is 5.57. The number of hydrogen-bond acceptors (Lipinski definition) is 4. The second-order valence-electron chi connectivity index (χ2n) is 1.63. The summed E-state index contributed by atoms with van der Waals surface area (Å²) in [5.41, 5.74) is 0. The zero-order valence-electron chi connectivity index (χ0n) is 5.57. The Morgan fingerprint density at radius 1 is 1.60 bits per heavy atom. The molecule has 0 unspecified atom stereocenters. The van der Waals surface area contributed by atoms with Crippen molar-refractivity contribution >= 4 is 5.97 Å². The lowest BCUT2D eigenvalue weighted by molar-refractivity contribution is -0.168. The molecule has 0 aromatic heterocycles. The lowest BCUT2D eigenvalue weighted by atomic mass is 10.6. The van der Waals surface area contributed by atoms with Crippen molar-refractivity contribution in [1.29, 1.82) is 0 Å². The van der Waals surface area contributed by atoms with Crippen molar-refractivity contribution in [2.24, 2.45) is 0 Å². The van der Waals surface area contributed by atoms with Gasteiger partial charge in [0.15, 0.2) is 0 Å².